The maximum Gasteiger partial charge on any atom is 0.254 e. The summed E-state index contributed by atoms with van der Waals surface area (Å²) in [5.41, 5.74) is 0. The van der Waals surface area contributed by atoms with E-state index in [9.17, 15) is 4.79 Å². The number of carbonyl (C=O) groups excluding carboxylic acids is 1. The second kappa shape index (κ2) is 1.77. The van der Waals surface area contributed by atoms with E-state index in [2.05, 4.69) is 0 Å². The molecule has 1 saturated heterocycles. The molecule has 9 heavy (non-hydrogen) atoms. The van der Waals surface area contributed by atoms with Gasteiger partial charge in [0.2, 0.25) is 0 Å². The van der Waals surface area contributed by atoms with Crippen molar-refractivity contribution in [3.8, 4) is 0 Å². The lowest BCUT2D eigenvalue weighted by molar-refractivity contribution is -0.126. The number of amides is 1. The Balaban J connectivity index is 2.18. The first-order chi connectivity index (χ1) is 4.38. The lowest BCUT2D eigenvalue weighted by Crippen LogP contribution is -2.39. The molecule has 0 N–H and O–H groups in total. The minimum absolute atomic E-state index is 0.192. The van der Waals surface area contributed by atoms with Crippen molar-refractivity contribution in [2.75, 3.05) is 12.3 Å². The molecule has 0 aliphatic carbocycles. The van der Waals surface area contributed by atoms with Crippen LogP contribution in [0.15, 0.2) is 11.1 Å². The van der Waals surface area contributed by atoms with Crippen LogP contribution in [0.25, 0.3) is 0 Å². The summed E-state index contributed by atoms with van der Waals surface area (Å²) in [6.07, 6.45) is 2.86. The first kappa shape index (κ1) is 5.35. The Morgan fingerprint density at radius 1 is 1.67 bits per heavy atom. The van der Waals surface area contributed by atoms with Crippen LogP contribution in [0.3, 0.4) is 0 Å². The number of nitrogens with zero attached hydrogens (tertiary/aromatic N) is 1. The van der Waals surface area contributed by atoms with Gasteiger partial charge in [-0.2, -0.15) is 0 Å². The van der Waals surface area contributed by atoms with Crippen LogP contribution in [0.5, 0.6) is 0 Å². The third-order valence-corrected chi connectivity index (χ3v) is 2.68. The average molecular weight is 141 g/mol. The van der Waals surface area contributed by atoms with Crippen molar-refractivity contribution >= 4 is 17.7 Å². The first-order valence-electron chi connectivity index (χ1n) is 3.04. The highest BCUT2D eigenvalue weighted by Gasteiger charge is 2.28. The summed E-state index contributed by atoms with van der Waals surface area (Å²) in [6.45, 7) is 0.942. The highest BCUT2D eigenvalue weighted by molar-refractivity contribution is 8.03. The van der Waals surface area contributed by atoms with E-state index in [4.69, 9.17) is 0 Å². The van der Waals surface area contributed by atoms with Gasteiger partial charge in [0.1, 0.15) is 0 Å². The fourth-order valence-electron chi connectivity index (χ4n) is 1.04. The van der Waals surface area contributed by atoms with Gasteiger partial charge in [0.15, 0.2) is 0 Å². The SMILES string of the molecule is O=C1C=C2SCCCN12. The zero-order chi connectivity index (χ0) is 6.27. The first-order valence-corrected chi connectivity index (χ1v) is 4.02. The summed E-state index contributed by atoms with van der Waals surface area (Å²) in [7, 11) is 0. The highest BCUT2D eigenvalue weighted by Crippen LogP contribution is 2.32. The van der Waals surface area contributed by atoms with Crippen molar-refractivity contribution in [2.24, 2.45) is 0 Å². The quantitative estimate of drug-likeness (QED) is 0.497. The average Bonchev–Trinajstić information content (AvgIpc) is 1.86. The molecule has 0 saturated carbocycles. The summed E-state index contributed by atoms with van der Waals surface area (Å²) in [6, 6.07) is 0. The summed E-state index contributed by atoms with van der Waals surface area (Å²) in [5.74, 6) is 1.37. The van der Waals surface area contributed by atoms with Gasteiger partial charge in [0.25, 0.3) is 5.91 Å². The van der Waals surface area contributed by atoms with E-state index in [0.29, 0.717) is 0 Å². The van der Waals surface area contributed by atoms with Crippen LogP contribution in [0.2, 0.25) is 0 Å². The Hall–Kier alpha value is -0.440. The zero-order valence-corrected chi connectivity index (χ0v) is 5.78. The number of hydrogen-bond donors (Lipinski definition) is 0. The number of thioether (sulfide) groups is 1. The van der Waals surface area contributed by atoms with E-state index >= 15 is 0 Å². The molecule has 3 heteroatoms. The van der Waals surface area contributed by atoms with Crippen LogP contribution in [0.4, 0.5) is 0 Å². The van der Waals surface area contributed by atoms with Gasteiger partial charge in [0.05, 0.1) is 5.03 Å². The Morgan fingerprint density at radius 2 is 2.56 bits per heavy atom. The van der Waals surface area contributed by atoms with E-state index in [1.54, 1.807) is 17.8 Å². The zero-order valence-electron chi connectivity index (χ0n) is 4.96. The van der Waals surface area contributed by atoms with Crippen LogP contribution in [0.1, 0.15) is 6.42 Å². The molecule has 0 aromatic rings. The topological polar surface area (TPSA) is 20.3 Å². The molecule has 0 aromatic carbocycles. The minimum Gasteiger partial charge on any atom is -0.303 e. The Morgan fingerprint density at radius 3 is 3.11 bits per heavy atom. The predicted molar refractivity (Wildman–Crippen MR) is 36.9 cm³/mol. The van der Waals surface area contributed by atoms with Crippen molar-refractivity contribution in [1.82, 2.24) is 4.90 Å². The fourth-order valence-corrected chi connectivity index (χ4v) is 2.05. The second-order valence-corrected chi connectivity index (χ2v) is 3.29. The summed E-state index contributed by atoms with van der Waals surface area (Å²) in [4.78, 5) is 12.5. The molecule has 0 unspecified atom stereocenters. The van der Waals surface area contributed by atoms with Crippen LogP contribution in [0, 0.1) is 0 Å². The largest absolute Gasteiger partial charge is 0.303 e. The molecule has 0 spiro atoms. The molecule has 2 nitrogen and oxygen atoms in total. The summed E-state index contributed by atoms with van der Waals surface area (Å²) in [5, 5.41) is 1.17. The van der Waals surface area contributed by atoms with E-state index < -0.39 is 0 Å². The van der Waals surface area contributed by atoms with Gasteiger partial charge >= 0.3 is 0 Å². The molecule has 2 rings (SSSR count). The molecular weight excluding hydrogens is 134 g/mol. The standard InChI is InChI=1S/C6H7NOS/c8-5-4-6-7(5)2-1-3-9-6/h4H,1-3H2. The lowest BCUT2D eigenvalue weighted by atomic mass is 10.3. The van der Waals surface area contributed by atoms with Gasteiger partial charge in [0, 0.05) is 18.4 Å². The summed E-state index contributed by atoms with van der Waals surface area (Å²) < 4.78 is 0. The maximum absolute atomic E-state index is 10.7. The molecule has 48 valence electrons. The Bertz CT molecular complexity index is 187. The lowest BCUT2D eigenvalue weighted by Gasteiger charge is -2.34. The van der Waals surface area contributed by atoms with Crippen molar-refractivity contribution in [3.05, 3.63) is 11.1 Å². The molecule has 0 atom stereocenters. The Labute approximate surface area is 57.9 Å². The van der Waals surface area contributed by atoms with E-state index in [1.165, 1.54) is 10.8 Å². The molecule has 0 aromatic heterocycles. The molecule has 0 bridgehead atoms. The van der Waals surface area contributed by atoms with Gasteiger partial charge < -0.3 is 4.90 Å². The van der Waals surface area contributed by atoms with Crippen LogP contribution in [-0.2, 0) is 4.79 Å². The smallest absolute Gasteiger partial charge is 0.254 e. The molecular formula is C6H7NOS. The van der Waals surface area contributed by atoms with E-state index in [0.717, 1.165) is 13.0 Å². The second-order valence-electron chi connectivity index (χ2n) is 2.17. The number of hydrogen-bond acceptors (Lipinski definition) is 2. The highest BCUT2D eigenvalue weighted by atomic mass is 32.2. The van der Waals surface area contributed by atoms with E-state index in [1.807, 2.05) is 4.90 Å². The molecule has 2 heterocycles. The molecule has 2 aliphatic heterocycles. The predicted octanol–water partition coefficient (Wildman–Crippen LogP) is 0.807. The van der Waals surface area contributed by atoms with Crippen molar-refractivity contribution < 1.29 is 4.79 Å². The Kier molecular flexibility index (Phi) is 1.05. The molecule has 0 radical (unpaired) electrons. The van der Waals surface area contributed by atoms with Gasteiger partial charge in [-0.3, -0.25) is 4.79 Å². The molecule has 1 fully saturated rings. The van der Waals surface area contributed by atoms with Gasteiger partial charge in [-0.1, -0.05) is 0 Å². The maximum atomic E-state index is 10.7. The third kappa shape index (κ3) is 0.678. The molecule has 1 amide bonds. The van der Waals surface area contributed by atoms with Crippen molar-refractivity contribution in [3.63, 3.8) is 0 Å². The van der Waals surface area contributed by atoms with Gasteiger partial charge in [-0.25, -0.2) is 0 Å². The van der Waals surface area contributed by atoms with Crippen LogP contribution < -0.4 is 0 Å². The number of fused-ring (bicyclic) bond motifs is 1. The monoisotopic (exact) mass is 141 g/mol. The molecule has 2 aliphatic rings. The third-order valence-electron chi connectivity index (χ3n) is 1.56. The van der Waals surface area contributed by atoms with Crippen LogP contribution in [-0.4, -0.2) is 23.1 Å². The van der Waals surface area contributed by atoms with E-state index in [-0.39, 0.29) is 5.91 Å². The van der Waals surface area contributed by atoms with Gasteiger partial charge in [-0.05, 0) is 6.42 Å². The minimum atomic E-state index is 0.192. The van der Waals surface area contributed by atoms with Crippen molar-refractivity contribution in [2.45, 2.75) is 6.42 Å². The fraction of sp³-hybridized carbons (Fsp3) is 0.500. The van der Waals surface area contributed by atoms with Crippen LogP contribution >= 0.6 is 11.8 Å². The summed E-state index contributed by atoms with van der Waals surface area (Å²) >= 11 is 1.78. The number of rotatable bonds is 0. The van der Waals surface area contributed by atoms with Crippen molar-refractivity contribution in [1.29, 1.82) is 0 Å². The van der Waals surface area contributed by atoms with Gasteiger partial charge in [-0.15, -0.1) is 11.8 Å². The number of carbonyl (C=O) groups is 1. The normalized spacial score (nSPS) is 24.7.